The maximum Gasteiger partial charge on any atom is 0.227 e. The van der Waals surface area contributed by atoms with Crippen LogP contribution in [0.2, 0.25) is 0 Å². The number of benzene rings is 1. The van der Waals surface area contributed by atoms with Crippen LogP contribution < -0.4 is 15.2 Å². The van der Waals surface area contributed by atoms with E-state index >= 15 is 0 Å². The van der Waals surface area contributed by atoms with E-state index in [9.17, 15) is 0 Å². The number of ether oxygens (including phenoxy) is 2. The molecule has 2 aromatic heterocycles. The van der Waals surface area contributed by atoms with Gasteiger partial charge in [0.25, 0.3) is 0 Å². The number of aromatic nitrogens is 3. The van der Waals surface area contributed by atoms with Gasteiger partial charge in [-0.25, -0.2) is 0 Å². The largest absolute Gasteiger partial charge is 0.494 e. The van der Waals surface area contributed by atoms with Crippen molar-refractivity contribution in [2.75, 3.05) is 20.0 Å². The Bertz CT molecular complexity index is 727. The third-order valence-corrected chi connectivity index (χ3v) is 3.06. The molecule has 21 heavy (non-hydrogen) atoms. The Morgan fingerprint density at radius 2 is 1.76 bits per heavy atom. The van der Waals surface area contributed by atoms with Gasteiger partial charge in [-0.2, -0.15) is 0 Å². The van der Waals surface area contributed by atoms with E-state index in [1.807, 2.05) is 18.2 Å². The first kappa shape index (κ1) is 13.0. The molecule has 0 aliphatic heterocycles. The highest BCUT2D eigenvalue weighted by atomic mass is 16.5. The van der Waals surface area contributed by atoms with Gasteiger partial charge >= 0.3 is 0 Å². The van der Waals surface area contributed by atoms with Gasteiger partial charge in [0.2, 0.25) is 11.8 Å². The van der Waals surface area contributed by atoms with E-state index in [2.05, 4.69) is 10.2 Å². The summed E-state index contributed by atoms with van der Waals surface area (Å²) in [6.45, 7) is 0. The zero-order valence-electron chi connectivity index (χ0n) is 11.6. The van der Waals surface area contributed by atoms with Crippen molar-refractivity contribution in [1.82, 2.24) is 14.8 Å². The molecule has 108 valence electrons. The van der Waals surface area contributed by atoms with Gasteiger partial charge < -0.3 is 19.6 Å². The number of nitrogens with zero attached hydrogens (tertiary/aromatic N) is 3. The minimum atomic E-state index is 0.212. The zero-order chi connectivity index (χ0) is 14.8. The van der Waals surface area contributed by atoms with Crippen molar-refractivity contribution in [1.29, 1.82) is 0 Å². The van der Waals surface area contributed by atoms with E-state index in [0.29, 0.717) is 28.8 Å². The Balaban J connectivity index is 2.29. The van der Waals surface area contributed by atoms with Crippen molar-refractivity contribution in [3.63, 3.8) is 0 Å². The molecular weight excluding hydrogens is 272 g/mol. The molecule has 0 saturated carbocycles. The molecule has 0 aliphatic rings. The molecule has 0 unspecified atom stereocenters. The molecule has 0 radical (unpaired) electrons. The summed E-state index contributed by atoms with van der Waals surface area (Å²) in [5.74, 6) is 2.42. The Hall–Kier alpha value is -2.96. The number of nitrogens with two attached hydrogens (primary N) is 1. The molecule has 3 aromatic rings. The van der Waals surface area contributed by atoms with Crippen LogP contribution in [0.4, 0.5) is 5.95 Å². The Kier molecular flexibility index (Phi) is 3.23. The second-order valence-electron chi connectivity index (χ2n) is 4.21. The zero-order valence-corrected chi connectivity index (χ0v) is 11.6. The highest BCUT2D eigenvalue weighted by Crippen LogP contribution is 2.36. The molecule has 0 bridgehead atoms. The van der Waals surface area contributed by atoms with E-state index in [1.54, 1.807) is 37.2 Å². The first-order valence-electron chi connectivity index (χ1n) is 6.22. The molecule has 2 heterocycles. The smallest absolute Gasteiger partial charge is 0.227 e. The van der Waals surface area contributed by atoms with Crippen LogP contribution in [-0.2, 0) is 0 Å². The van der Waals surface area contributed by atoms with Crippen LogP contribution in [0.25, 0.3) is 17.3 Å². The third-order valence-electron chi connectivity index (χ3n) is 3.06. The first-order chi connectivity index (χ1) is 10.3. The SMILES string of the molecule is COc1cccc(OC)c1-n1c(N)nnc1-c1ccco1. The summed E-state index contributed by atoms with van der Waals surface area (Å²) >= 11 is 0. The second kappa shape index (κ2) is 5.20. The summed E-state index contributed by atoms with van der Waals surface area (Å²) in [4.78, 5) is 0. The van der Waals surface area contributed by atoms with Crippen molar-refractivity contribution in [3.8, 4) is 28.8 Å². The fourth-order valence-electron chi connectivity index (χ4n) is 2.13. The number of furan rings is 1. The molecule has 7 heteroatoms. The average Bonchev–Trinajstić information content (AvgIpc) is 3.15. The minimum absolute atomic E-state index is 0.212. The second-order valence-corrected chi connectivity index (χ2v) is 4.21. The molecule has 3 rings (SSSR count). The Morgan fingerprint density at radius 1 is 1.05 bits per heavy atom. The summed E-state index contributed by atoms with van der Waals surface area (Å²) in [5, 5.41) is 7.99. The van der Waals surface area contributed by atoms with Crippen LogP contribution >= 0.6 is 0 Å². The molecule has 0 aliphatic carbocycles. The van der Waals surface area contributed by atoms with Gasteiger partial charge in [-0.1, -0.05) is 6.07 Å². The Labute approximate surface area is 120 Å². The predicted octanol–water partition coefficient (Wildman–Crippen LogP) is 2.13. The van der Waals surface area contributed by atoms with Gasteiger partial charge in [0, 0.05) is 0 Å². The van der Waals surface area contributed by atoms with Gasteiger partial charge in [-0.3, -0.25) is 4.57 Å². The number of anilines is 1. The van der Waals surface area contributed by atoms with Crippen molar-refractivity contribution in [2.24, 2.45) is 0 Å². The lowest BCUT2D eigenvalue weighted by Gasteiger charge is -2.15. The highest BCUT2D eigenvalue weighted by molar-refractivity contribution is 5.65. The number of hydrogen-bond acceptors (Lipinski definition) is 6. The van der Waals surface area contributed by atoms with Crippen LogP contribution in [0, 0.1) is 0 Å². The standard InChI is InChI=1S/C14H14N4O3/c1-19-9-5-3-6-10(20-2)12(9)18-13(16-17-14(18)15)11-7-4-8-21-11/h3-8H,1-2H3,(H2,15,17). The topological polar surface area (TPSA) is 88.3 Å². The lowest BCUT2D eigenvalue weighted by molar-refractivity contribution is 0.391. The summed E-state index contributed by atoms with van der Waals surface area (Å²) < 4.78 is 17.8. The summed E-state index contributed by atoms with van der Waals surface area (Å²) in [6, 6.07) is 8.99. The summed E-state index contributed by atoms with van der Waals surface area (Å²) in [7, 11) is 3.15. The Morgan fingerprint density at radius 3 is 2.33 bits per heavy atom. The third kappa shape index (κ3) is 2.08. The fourth-order valence-corrected chi connectivity index (χ4v) is 2.13. The van der Waals surface area contributed by atoms with Gasteiger partial charge in [0.1, 0.15) is 17.2 Å². The van der Waals surface area contributed by atoms with Crippen LogP contribution in [0.1, 0.15) is 0 Å². The van der Waals surface area contributed by atoms with Crippen LogP contribution in [0.15, 0.2) is 41.0 Å². The molecule has 0 spiro atoms. The lowest BCUT2D eigenvalue weighted by atomic mass is 10.2. The number of methoxy groups -OCH3 is 2. The van der Waals surface area contributed by atoms with Gasteiger partial charge in [-0.15, -0.1) is 10.2 Å². The van der Waals surface area contributed by atoms with Crippen LogP contribution in [0.5, 0.6) is 11.5 Å². The first-order valence-corrected chi connectivity index (χ1v) is 6.22. The summed E-state index contributed by atoms with van der Waals surface area (Å²) in [5.41, 5.74) is 6.58. The molecule has 0 amide bonds. The molecule has 0 atom stereocenters. The maximum absolute atomic E-state index is 5.96. The van der Waals surface area contributed by atoms with E-state index in [4.69, 9.17) is 19.6 Å². The maximum atomic E-state index is 5.96. The van der Waals surface area contributed by atoms with Crippen molar-refractivity contribution in [3.05, 3.63) is 36.6 Å². The number of nitrogen functional groups attached to an aromatic ring is 1. The van der Waals surface area contributed by atoms with Crippen molar-refractivity contribution in [2.45, 2.75) is 0 Å². The normalized spacial score (nSPS) is 10.6. The van der Waals surface area contributed by atoms with Gasteiger partial charge in [0.05, 0.1) is 20.5 Å². The van der Waals surface area contributed by atoms with Gasteiger partial charge in [0.15, 0.2) is 5.76 Å². The number of rotatable bonds is 4. The highest BCUT2D eigenvalue weighted by Gasteiger charge is 2.21. The fraction of sp³-hybridized carbons (Fsp3) is 0.143. The molecule has 7 nitrogen and oxygen atoms in total. The van der Waals surface area contributed by atoms with E-state index in [0.717, 1.165) is 0 Å². The van der Waals surface area contributed by atoms with Crippen LogP contribution in [0.3, 0.4) is 0 Å². The van der Waals surface area contributed by atoms with Gasteiger partial charge in [-0.05, 0) is 24.3 Å². The number of para-hydroxylation sites is 1. The molecule has 2 N–H and O–H groups in total. The monoisotopic (exact) mass is 286 g/mol. The molecule has 0 saturated heterocycles. The lowest BCUT2D eigenvalue weighted by Crippen LogP contribution is -2.06. The van der Waals surface area contributed by atoms with Crippen LogP contribution in [-0.4, -0.2) is 29.0 Å². The quantitative estimate of drug-likeness (QED) is 0.790. The van der Waals surface area contributed by atoms with E-state index < -0.39 is 0 Å². The molecule has 1 aromatic carbocycles. The predicted molar refractivity (Wildman–Crippen MR) is 76.6 cm³/mol. The van der Waals surface area contributed by atoms with Crippen molar-refractivity contribution >= 4 is 5.95 Å². The number of hydrogen-bond donors (Lipinski definition) is 1. The summed E-state index contributed by atoms with van der Waals surface area (Å²) in [6.07, 6.45) is 1.56. The van der Waals surface area contributed by atoms with E-state index in [-0.39, 0.29) is 5.95 Å². The molecule has 0 fully saturated rings. The molecular formula is C14H14N4O3. The minimum Gasteiger partial charge on any atom is -0.494 e. The average molecular weight is 286 g/mol. The van der Waals surface area contributed by atoms with E-state index in [1.165, 1.54) is 0 Å². The van der Waals surface area contributed by atoms with Crippen molar-refractivity contribution < 1.29 is 13.9 Å².